The van der Waals surface area contributed by atoms with Gasteiger partial charge in [-0.25, -0.2) is 9.97 Å². The minimum atomic E-state index is -0.324. The molecule has 4 aromatic rings. The topological polar surface area (TPSA) is 104 Å². The van der Waals surface area contributed by atoms with Crippen LogP contribution < -0.4 is 5.56 Å². The van der Waals surface area contributed by atoms with Gasteiger partial charge in [-0.05, 0) is 50.1 Å². The Balaban J connectivity index is 1.58. The number of likely N-dealkylation sites (tertiary alicyclic amines) is 1. The number of nitrogens with one attached hydrogen (secondary N) is 1. The van der Waals surface area contributed by atoms with Gasteiger partial charge in [-0.3, -0.25) is 14.2 Å². The number of benzene rings is 2. The van der Waals surface area contributed by atoms with Crippen molar-refractivity contribution in [3.8, 4) is 0 Å². The van der Waals surface area contributed by atoms with E-state index >= 15 is 0 Å². The van der Waals surface area contributed by atoms with Crippen LogP contribution in [-0.2, 0) is 6.54 Å². The van der Waals surface area contributed by atoms with Crippen molar-refractivity contribution in [1.29, 1.82) is 0 Å². The molecule has 0 radical (unpaired) electrons. The SMILES string of the molecule is Cc1nc2ccc(C(=O)N3CCCC3c3nc4ccccc4c(=O)n3CCO)cc2[nH]1. The van der Waals surface area contributed by atoms with E-state index in [-0.39, 0.29) is 30.7 Å². The third kappa shape index (κ3) is 3.29. The number of hydrogen-bond acceptors (Lipinski definition) is 5. The Labute approximate surface area is 178 Å². The van der Waals surface area contributed by atoms with E-state index in [4.69, 9.17) is 4.98 Å². The second kappa shape index (κ2) is 7.63. The molecule has 158 valence electrons. The van der Waals surface area contributed by atoms with Crippen LogP contribution in [0, 0.1) is 6.92 Å². The van der Waals surface area contributed by atoms with Crippen LogP contribution in [0.25, 0.3) is 21.9 Å². The minimum absolute atomic E-state index is 0.102. The predicted molar refractivity (Wildman–Crippen MR) is 117 cm³/mol. The molecule has 1 aliphatic heterocycles. The molecule has 2 aromatic heterocycles. The van der Waals surface area contributed by atoms with Crippen molar-refractivity contribution in [2.75, 3.05) is 13.2 Å². The Hall–Kier alpha value is -3.52. The van der Waals surface area contributed by atoms with Crippen molar-refractivity contribution in [1.82, 2.24) is 24.4 Å². The zero-order chi connectivity index (χ0) is 21.5. The first-order chi connectivity index (χ1) is 15.1. The highest BCUT2D eigenvalue weighted by molar-refractivity contribution is 5.97. The maximum Gasteiger partial charge on any atom is 0.261 e. The Bertz CT molecular complexity index is 1360. The number of aromatic nitrogens is 4. The Morgan fingerprint density at radius 1 is 1.19 bits per heavy atom. The van der Waals surface area contributed by atoms with Gasteiger partial charge >= 0.3 is 0 Å². The van der Waals surface area contributed by atoms with E-state index in [0.717, 1.165) is 23.3 Å². The van der Waals surface area contributed by atoms with E-state index in [0.29, 0.717) is 35.3 Å². The first-order valence-electron chi connectivity index (χ1n) is 10.4. The summed E-state index contributed by atoms with van der Waals surface area (Å²) < 4.78 is 1.51. The first-order valence-corrected chi connectivity index (χ1v) is 10.4. The van der Waals surface area contributed by atoms with Gasteiger partial charge in [0.1, 0.15) is 11.6 Å². The number of fused-ring (bicyclic) bond motifs is 2. The molecule has 3 heterocycles. The highest BCUT2D eigenvalue weighted by Gasteiger charge is 2.34. The fraction of sp³-hybridized carbons (Fsp3) is 0.304. The summed E-state index contributed by atoms with van der Waals surface area (Å²) in [6.07, 6.45) is 1.54. The number of imidazole rings is 1. The van der Waals surface area contributed by atoms with Crippen molar-refractivity contribution in [2.24, 2.45) is 0 Å². The lowest BCUT2D eigenvalue weighted by molar-refractivity contribution is 0.0726. The number of H-pyrrole nitrogens is 1. The number of aliphatic hydroxyl groups excluding tert-OH is 1. The molecule has 1 atom stereocenters. The average molecular weight is 417 g/mol. The molecule has 1 unspecified atom stereocenters. The number of aryl methyl sites for hydroxylation is 1. The monoisotopic (exact) mass is 417 g/mol. The van der Waals surface area contributed by atoms with Crippen LogP contribution in [0.3, 0.4) is 0 Å². The summed E-state index contributed by atoms with van der Waals surface area (Å²) in [6.45, 7) is 2.43. The van der Waals surface area contributed by atoms with Crippen LogP contribution in [0.4, 0.5) is 0 Å². The third-order valence-electron chi connectivity index (χ3n) is 5.87. The van der Waals surface area contributed by atoms with Crippen LogP contribution in [0.15, 0.2) is 47.3 Å². The van der Waals surface area contributed by atoms with Gasteiger partial charge in [0.15, 0.2) is 0 Å². The fourth-order valence-corrected chi connectivity index (χ4v) is 4.47. The molecular weight excluding hydrogens is 394 g/mol. The van der Waals surface area contributed by atoms with E-state index in [9.17, 15) is 14.7 Å². The van der Waals surface area contributed by atoms with Gasteiger partial charge in [0.05, 0.1) is 41.1 Å². The number of aromatic amines is 1. The van der Waals surface area contributed by atoms with Gasteiger partial charge in [0.2, 0.25) is 0 Å². The van der Waals surface area contributed by atoms with Crippen molar-refractivity contribution in [3.63, 3.8) is 0 Å². The lowest BCUT2D eigenvalue weighted by Crippen LogP contribution is -2.36. The lowest BCUT2D eigenvalue weighted by Gasteiger charge is -2.26. The van der Waals surface area contributed by atoms with E-state index in [1.165, 1.54) is 4.57 Å². The number of amides is 1. The number of carbonyl (C=O) groups excluding carboxylic acids is 1. The Morgan fingerprint density at radius 2 is 2.03 bits per heavy atom. The number of hydrogen-bond donors (Lipinski definition) is 2. The minimum Gasteiger partial charge on any atom is -0.395 e. The third-order valence-corrected chi connectivity index (χ3v) is 5.87. The second-order valence-corrected chi connectivity index (χ2v) is 7.88. The number of para-hydroxylation sites is 1. The average Bonchev–Trinajstić information content (AvgIpc) is 3.40. The van der Waals surface area contributed by atoms with Gasteiger partial charge in [-0.15, -0.1) is 0 Å². The standard InChI is InChI=1S/C23H23N5O3/c1-14-24-18-9-8-15(13-19(18)25-14)22(30)27-10-4-7-20(27)21-26-17-6-3-2-5-16(17)23(31)28(21)11-12-29/h2-3,5-6,8-9,13,20,29H,4,7,10-12H2,1H3,(H,24,25). The molecule has 5 rings (SSSR count). The first kappa shape index (κ1) is 19.4. The predicted octanol–water partition coefficient (Wildman–Crippen LogP) is 2.55. The van der Waals surface area contributed by atoms with E-state index in [1.54, 1.807) is 29.2 Å². The second-order valence-electron chi connectivity index (χ2n) is 7.88. The molecule has 1 aliphatic rings. The molecule has 1 saturated heterocycles. The maximum absolute atomic E-state index is 13.4. The van der Waals surface area contributed by atoms with Crippen LogP contribution in [0.2, 0.25) is 0 Å². The van der Waals surface area contributed by atoms with Gasteiger partial charge in [0, 0.05) is 12.1 Å². The fourth-order valence-electron chi connectivity index (χ4n) is 4.47. The largest absolute Gasteiger partial charge is 0.395 e. The molecule has 0 bridgehead atoms. The molecule has 0 spiro atoms. The molecule has 31 heavy (non-hydrogen) atoms. The highest BCUT2D eigenvalue weighted by Crippen LogP contribution is 2.32. The lowest BCUT2D eigenvalue weighted by atomic mass is 10.1. The number of carbonyl (C=O) groups is 1. The van der Waals surface area contributed by atoms with Crippen molar-refractivity contribution in [3.05, 3.63) is 70.0 Å². The maximum atomic E-state index is 13.4. The summed E-state index contributed by atoms with van der Waals surface area (Å²) >= 11 is 0. The molecule has 2 N–H and O–H groups in total. The molecular formula is C23H23N5O3. The molecule has 2 aromatic carbocycles. The normalized spacial score (nSPS) is 16.5. The summed E-state index contributed by atoms with van der Waals surface area (Å²) in [7, 11) is 0. The van der Waals surface area contributed by atoms with Crippen LogP contribution in [0.5, 0.6) is 0 Å². The number of aliphatic hydroxyl groups is 1. The van der Waals surface area contributed by atoms with Crippen molar-refractivity contribution in [2.45, 2.75) is 32.4 Å². The Kier molecular flexibility index (Phi) is 4.78. The summed E-state index contributed by atoms with van der Waals surface area (Å²) in [5.41, 5.74) is 2.62. The van der Waals surface area contributed by atoms with Gasteiger partial charge in [0.25, 0.3) is 11.5 Å². The zero-order valence-electron chi connectivity index (χ0n) is 17.2. The zero-order valence-corrected chi connectivity index (χ0v) is 17.2. The molecule has 8 heteroatoms. The molecule has 0 aliphatic carbocycles. The van der Waals surface area contributed by atoms with Crippen molar-refractivity contribution >= 4 is 27.8 Å². The van der Waals surface area contributed by atoms with E-state index in [2.05, 4.69) is 9.97 Å². The van der Waals surface area contributed by atoms with Gasteiger partial charge in [-0.1, -0.05) is 12.1 Å². The highest BCUT2D eigenvalue weighted by atomic mass is 16.3. The van der Waals surface area contributed by atoms with Crippen molar-refractivity contribution < 1.29 is 9.90 Å². The van der Waals surface area contributed by atoms with Crippen LogP contribution >= 0.6 is 0 Å². The number of rotatable bonds is 4. The van der Waals surface area contributed by atoms with Gasteiger partial charge in [-0.2, -0.15) is 0 Å². The molecule has 1 amide bonds. The molecule has 1 fully saturated rings. The smallest absolute Gasteiger partial charge is 0.261 e. The summed E-state index contributed by atoms with van der Waals surface area (Å²) in [6, 6.07) is 12.3. The summed E-state index contributed by atoms with van der Waals surface area (Å²) in [4.78, 5) is 40.6. The number of nitrogens with zero attached hydrogens (tertiary/aromatic N) is 4. The molecule has 8 nitrogen and oxygen atoms in total. The quantitative estimate of drug-likeness (QED) is 0.531. The Morgan fingerprint density at radius 3 is 2.87 bits per heavy atom. The van der Waals surface area contributed by atoms with E-state index < -0.39 is 0 Å². The summed E-state index contributed by atoms with van der Waals surface area (Å²) in [5.74, 6) is 1.23. The van der Waals surface area contributed by atoms with Gasteiger partial charge < -0.3 is 15.0 Å². The van der Waals surface area contributed by atoms with Crippen LogP contribution in [-0.4, -0.2) is 48.6 Å². The molecule has 0 saturated carbocycles. The summed E-state index contributed by atoms with van der Waals surface area (Å²) in [5, 5.41) is 10.1. The van der Waals surface area contributed by atoms with E-state index in [1.807, 2.05) is 25.1 Å². The van der Waals surface area contributed by atoms with Crippen LogP contribution in [0.1, 0.15) is 40.9 Å².